The summed E-state index contributed by atoms with van der Waals surface area (Å²) in [6.45, 7) is 1.95. The minimum absolute atomic E-state index is 0.203. The smallest absolute Gasteiger partial charge is 0.183 e. The summed E-state index contributed by atoms with van der Waals surface area (Å²) >= 11 is 0. The van der Waals surface area contributed by atoms with Crippen LogP contribution in [-0.2, 0) is 27.1 Å². The third kappa shape index (κ3) is 4.86. The largest absolute Gasteiger partial charge is 0.385 e. The maximum absolute atomic E-state index is 15.0. The van der Waals surface area contributed by atoms with Crippen LogP contribution in [0.4, 0.5) is 8.78 Å². The summed E-state index contributed by atoms with van der Waals surface area (Å²) < 4.78 is 44.9. The van der Waals surface area contributed by atoms with Crippen LogP contribution >= 0.6 is 0 Å². The van der Waals surface area contributed by atoms with Crippen LogP contribution in [0.15, 0.2) is 54.6 Å². The number of halogens is 2. The monoisotopic (exact) mass is 412 g/mol. The van der Waals surface area contributed by atoms with E-state index in [2.05, 4.69) is 0 Å². The summed E-state index contributed by atoms with van der Waals surface area (Å²) in [6, 6.07) is 15.7. The molecule has 1 fully saturated rings. The molecule has 1 heterocycles. The minimum Gasteiger partial charge on any atom is -0.385 e. The number of fused-ring (bicyclic) bond motifs is 1. The van der Waals surface area contributed by atoms with E-state index >= 15 is 4.39 Å². The Labute approximate surface area is 175 Å². The summed E-state index contributed by atoms with van der Waals surface area (Å²) in [7, 11) is 1.69. The highest BCUT2D eigenvalue weighted by Crippen LogP contribution is 2.30. The Balaban J connectivity index is 1.44. The van der Waals surface area contributed by atoms with E-state index in [1.807, 2.05) is 24.3 Å². The molecule has 0 aromatic heterocycles. The van der Waals surface area contributed by atoms with Gasteiger partial charge in [-0.3, -0.25) is 0 Å². The van der Waals surface area contributed by atoms with Crippen molar-refractivity contribution in [2.75, 3.05) is 26.9 Å². The normalized spacial score (nSPS) is 19.3. The SMILES string of the molecule is COCCC1COC(c2ccc3c(F)c(CCc4ccc(F)cc4)ccc3c2)OC1. The van der Waals surface area contributed by atoms with Crippen molar-refractivity contribution in [1.82, 2.24) is 0 Å². The molecule has 4 rings (SSSR count). The van der Waals surface area contributed by atoms with Crippen molar-refractivity contribution in [3.05, 3.63) is 82.9 Å². The predicted octanol–water partition coefficient (Wildman–Crippen LogP) is 5.60. The lowest BCUT2D eigenvalue weighted by atomic mass is 9.99. The summed E-state index contributed by atoms with van der Waals surface area (Å²) in [6.07, 6.45) is 1.71. The molecule has 0 spiro atoms. The lowest BCUT2D eigenvalue weighted by molar-refractivity contribution is -0.207. The molecule has 3 aromatic rings. The Kier molecular flexibility index (Phi) is 6.72. The molecule has 0 bridgehead atoms. The molecule has 158 valence electrons. The van der Waals surface area contributed by atoms with Gasteiger partial charge in [-0.15, -0.1) is 0 Å². The van der Waals surface area contributed by atoms with Crippen molar-refractivity contribution < 1.29 is 23.0 Å². The van der Waals surface area contributed by atoms with Crippen molar-refractivity contribution in [3.8, 4) is 0 Å². The summed E-state index contributed by atoms with van der Waals surface area (Å²) in [5.41, 5.74) is 2.54. The van der Waals surface area contributed by atoms with Gasteiger partial charge < -0.3 is 14.2 Å². The molecule has 0 amide bonds. The summed E-state index contributed by atoms with van der Waals surface area (Å²) in [4.78, 5) is 0. The minimum atomic E-state index is -0.422. The van der Waals surface area contributed by atoms with Crippen LogP contribution in [0.2, 0.25) is 0 Å². The number of benzene rings is 3. The van der Waals surface area contributed by atoms with Gasteiger partial charge in [0.15, 0.2) is 6.29 Å². The zero-order valence-corrected chi connectivity index (χ0v) is 17.1. The van der Waals surface area contributed by atoms with E-state index < -0.39 is 6.29 Å². The first-order valence-electron chi connectivity index (χ1n) is 10.3. The molecule has 0 radical (unpaired) electrons. The standard InChI is InChI=1S/C25H26F2O3/c1-28-13-12-18-15-29-25(30-16-18)21-8-11-23-20(14-21)7-6-19(24(23)27)5-2-17-3-9-22(26)10-4-17/h3-4,6-11,14,18,25H,2,5,12-13,15-16H2,1H3. The highest BCUT2D eigenvalue weighted by molar-refractivity contribution is 5.84. The third-order valence-corrected chi connectivity index (χ3v) is 5.62. The first kappa shape index (κ1) is 20.9. The number of rotatable bonds is 7. The molecule has 5 heteroatoms. The summed E-state index contributed by atoms with van der Waals surface area (Å²) in [5.74, 6) is -0.128. The average molecular weight is 412 g/mol. The maximum atomic E-state index is 15.0. The zero-order valence-electron chi connectivity index (χ0n) is 17.1. The molecule has 1 aliphatic heterocycles. The van der Waals surface area contributed by atoms with E-state index in [0.717, 1.165) is 22.9 Å². The molecular formula is C25H26F2O3. The van der Waals surface area contributed by atoms with Crippen LogP contribution in [0.1, 0.15) is 29.4 Å². The molecule has 0 aliphatic carbocycles. The number of hydrogen-bond acceptors (Lipinski definition) is 3. The first-order valence-corrected chi connectivity index (χ1v) is 10.3. The second kappa shape index (κ2) is 9.65. The van der Waals surface area contributed by atoms with E-state index in [0.29, 0.717) is 49.5 Å². The maximum Gasteiger partial charge on any atom is 0.183 e. The van der Waals surface area contributed by atoms with Gasteiger partial charge >= 0.3 is 0 Å². The Hall–Kier alpha value is -2.34. The van der Waals surface area contributed by atoms with Gasteiger partial charge in [0, 0.05) is 30.6 Å². The third-order valence-electron chi connectivity index (χ3n) is 5.62. The van der Waals surface area contributed by atoms with Crippen LogP contribution in [-0.4, -0.2) is 26.9 Å². The van der Waals surface area contributed by atoms with E-state index in [-0.39, 0.29) is 11.6 Å². The molecule has 0 saturated carbocycles. The van der Waals surface area contributed by atoms with Crippen LogP contribution in [0.3, 0.4) is 0 Å². The fourth-order valence-electron chi connectivity index (χ4n) is 3.81. The van der Waals surface area contributed by atoms with Crippen molar-refractivity contribution in [1.29, 1.82) is 0 Å². The second-order valence-electron chi connectivity index (χ2n) is 7.79. The summed E-state index contributed by atoms with van der Waals surface area (Å²) in [5, 5.41) is 1.41. The molecule has 1 aliphatic rings. The average Bonchev–Trinajstić information content (AvgIpc) is 2.78. The molecule has 0 unspecified atom stereocenters. The predicted molar refractivity (Wildman–Crippen MR) is 112 cm³/mol. The fraction of sp³-hybridized carbons (Fsp3) is 0.360. The van der Waals surface area contributed by atoms with Gasteiger partial charge in [0.05, 0.1) is 13.2 Å². The topological polar surface area (TPSA) is 27.7 Å². The Morgan fingerprint density at radius 3 is 2.43 bits per heavy atom. The Morgan fingerprint density at radius 1 is 0.933 bits per heavy atom. The fourth-order valence-corrected chi connectivity index (χ4v) is 3.81. The second-order valence-corrected chi connectivity index (χ2v) is 7.79. The van der Waals surface area contributed by atoms with Crippen molar-refractivity contribution in [2.24, 2.45) is 5.92 Å². The first-order chi connectivity index (χ1) is 14.6. The number of methoxy groups -OCH3 is 1. The van der Waals surface area contributed by atoms with Crippen molar-refractivity contribution in [3.63, 3.8) is 0 Å². The van der Waals surface area contributed by atoms with Gasteiger partial charge in [-0.2, -0.15) is 0 Å². The Bertz CT molecular complexity index is 980. The zero-order chi connectivity index (χ0) is 20.9. The number of ether oxygens (including phenoxy) is 3. The molecule has 3 aromatic carbocycles. The molecular weight excluding hydrogens is 386 g/mol. The molecule has 30 heavy (non-hydrogen) atoms. The van der Waals surface area contributed by atoms with Gasteiger partial charge in [0.2, 0.25) is 0 Å². The number of hydrogen-bond donors (Lipinski definition) is 0. The van der Waals surface area contributed by atoms with Gasteiger partial charge in [0.25, 0.3) is 0 Å². The van der Waals surface area contributed by atoms with Gasteiger partial charge in [0.1, 0.15) is 11.6 Å². The molecule has 3 nitrogen and oxygen atoms in total. The van der Waals surface area contributed by atoms with E-state index in [4.69, 9.17) is 14.2 Å². The quantitative estimate of drug-likeness (QED) is 0.505. The Morgan fingerprint density at radius 2 is 1.70 bits per heavy atom. The van der Waals surface area contributed by atoms with Crippen molar-refractivity contribution in [2.45, 2.75) is 25.6 Å². The van der Waals surface area contributed by atoms with Crippen LogP contribution in [0, 0.1) is 17.6 Å². The highest BCUT2D eigenvalue weighted by atomic mass is 19.1. The van der Waals surface area contributed by atoms with Gasteiger partial charge in [-0.05, 0) is 54.0 Å². The molecule has 0 atom stereocenters. The van der Waals surface area contributed by atoms with E-state index in [1.54, 1.807) is 25.3 Å². The van der Waals surface area contributed by atoms with Crippen LogP contribution in [0.25, 0.3) is 10.8 Å². The van der Waals surface area contributed by atoms with Crippen LogP contribution < -0.4 is 0 Å². The molecule has 1 saturated heterocycles. The number of aryl methyl sites for hydroxylation is 2. The van der Waals surface area contributed by atoms with Crippen LogP contribution in [0.5, 0.6) is 0 Å². The lowest BCUT2D eigenvalue weighted by Gasteiger charge is -2.29. The van der Waals surface area contributed by atoms with E-state index in [9.17, 15) is 4.39 Å². The van der Waals surface area contributed by atoms with Gasteiger partial charge in [-0.1, -0.05) is 36.4 Å². The lowest BCUT2D eigenvalue weighted by Crippen LogP contribution is -2.27. The van der Waals surface area contributed by atoms with Gasteiger partial charge in [-0.25, -0.2) is 8.78 Å². The highest BCUT2D eigenvalue weighted by Gasteiger charge is 2.23. The molecule has 0 N–H and O–H groups in total. The van der Waals surface area contributed by atoms with Crippen molar-refractivity contribution >= 4 is 10.8 Å². The van der Waals surface area contributed by atoms with E-state index in [1.165, 1.54) is 12.1 Å².